The molecule has 0 heterocycles. The highest BCUT2D eigenvalue weighted by atomic mass is 35.5. The van der Waals surface area contributed by atoms with E-state index >= 15 is 0 Å². The summed E-state index contributed by atoms with van der Waals surface area (Å²) in [4.78, 5) is 0. The Labute approximate surface area is 47.6 Å². The molecule has 5 heteroatoms. The molecule has 0 fully saturated rings. The van der Waals surface area contributed by atoms with E-state index in [0.717, 1.165) is 0 Å². The summed E-state index contributed by atoms with van der Waals surface area (Å²) in [6.07, 6.45) is 0. The van der Waals surface area contributed by atoms with Gasteiger partial charge in [0.25, 0.3) is 0 Å². The molecular formula is H4ClNOS2. The molecule has 0 saturated carbocycles. The first-order valence-electron chi connectivity index (χ1n) is 0.600. The number of halogens is 1. The maximum absolute atomic E-state index is 7.62. The Hall–Kier alpha value is 0.910. The molecular weight excluding hydrogens is 130 g/mol. The fourth-order valence-corrected chi connectivity index (χ4v) is 0. The van der Waals surface area contributed by atoms with Gasteiger partial charge in [-0.2, -0.15) is 0 Å². The predicted molar refractivity (Wildman–Crippen MR) is 28.8 cm³/mol. The average molecular weight is 134 g/mol. The third-order valence-electron chi connectivity index (χ3n) is 0. The van der Waals surface area contributed by atoms with Crippen LogP contribution < -0.4 is 0 Å². The van der Waals surface area contributed by atoms with Crippen molar-refractivity contribution in [2.24, 2.45) is 0 Å². The molecule has 0 rings (SSSR count). The van der Waals surface area contributed by atoms with Gasteiger partial charge in [-0.1, -0.05) is 29.5 Å². The fourth-order valence-electron chi connectivity index (χ4n) is 0. The Kier molecular flexibility index (Phi) is 9.15. The molecule has 0 amide bonds. The van der Waals surface area contributed by atoms with Gasteiger partial charge in [0, 0.05) is 0 Å². The lowest BCUT2D eigenvalue weighted by atomic mass is 13.5. The zero-order valence-electron chi connectivity index (χ0n) is 2.20. The van der Waals surface area contributed by atoms with Crippen LogP contribution in [0.2, 0.25) is 0 Å². The second-order valence-corrected chi connectivity index (χ2v) is 1.34. The van der Waals surface area contributed by atoms with Crippen molar-refractivity contribution >= 4 is 38.0 Å². The van der Waals surface area contributed by atoms with Gasteiger partial charge in [-0.15, -0.1) is 12.4 Å². The van der Waals surface area contributed by atoms with Gasteiger partial charge in [-0.25, -0.2) is 0 Å². The molecule has 0 spiro atoms. The summed E-state index contributed by atoms with van der Waals surface area (Å²) in [7, 11) is 0. The zero-order chi connectivity index (χ0) is 3.58. The normalized spacial score (nSPS) is 7.20. The van der Waals surface area contributed by atoms with Gasteiger partial charge in [-0.3, -0.25) is 5.21 Å². The second-order valence-electron chi connectivity index (χ2n) is 0.268. The van der Waals surface area contributed by atoms with Crippen LogP contribution in [0.4, 0.5) is 0 Å². The van der Waals surface area contributed by atoms with E-state index in [9.17, 15) is 0 Å². The summed E-state index contributed by atoms with van der Waals surface area (Å²) in [5.74, 6) is 0. The standard InChI is InChI=1S/ClH.H3NOS2/c;2-1(3)4/h1H;2-4H. The highest BCUT2D eigenvalue weighted by molar-refractivity contribution is 7.93. The molecule has 0 unspecified atom stereocenters. The molecule has 0 aliphatic carbocycles. The number of hydrogen-bond donors (Lipinski definition) is 3. The molecule has 0 radical (unpaired) electrons. The molecule has 0 aliphatic heterocycles. The van der Waals surface area contributed by atoms with Crippen molar-refractivity contribution in [3.63, 3.8) is 0 Å². The van der Waals surface area contributed by atoms with Crippen LogP contribution in [0.15, 0.2) is 0 Å². The summed E-state index contributed by atoms with van der Waals surface area (Å²) in [6, 6.07) is 0. The molecule has 34 valence electrons. The first-order valence-corrected chi connectivity index (χ1v) is 1.40. The Balaban J connectivity index is 0. The van der Waals surface area contributed by atoms with Gasteiger partial charge in [0.15, 0.2) is 0 Å². The van der Waals surface area contributed by atoms with E-state index in [2.05, 4.69) is 25.6 Å². The smallest absolute Gasteiger partial charge is 0.0560 e. The number of thiol groups is 2. The molecule has 0 saturated heterocycles. The summed E-state index contributed by atoms with van der Waals surface area (Å²) >= 11 is 6.44. The molecule has 1 N–H and O–H groups in total. The van der Waals surface area contributed by atoms with Crippen LogP contribution >= 0.6 is 38.0 Å². The van der Waals surface area contributed by atoms with Crippen molar-refractivity contribution in [2.45, 2.75) is 0 Å². The molecule has 0 bridgehead atoms. The monoisotopic (exact) mass is 133 g/mol. The van der Waals surface area contributed by atoms with Crippen LogP contribution in [0.5, 0.6) is 0 Å². The largest absolute Gasteiger partial charge is 0.293 e. The van der Waals surface area contributed by atoms with Crippen LogP contribution in [0, 0.1) is 0 Å². The first-order chi connectivity index (χ1) is 1.73. The van der Waals surface area contributed by atoms with E-state index in [1.165, 1.54) is 0 Å². The third-order valence-corrected chi connectivity index (χ3v) is 0. The van der Waals surface area contributed by atoms with Crippen LogP contribution in [-0.2, 0) is 0 Å². The lowest BCUT2D eigenvalue weighted by Gasteiger charge is -1.84. The summed E-state index contributed by atoms with van der Waals surface area (Å²) in [5, 5.41) is 7.62. The van der Waals surface area contributed by atoms with E-state index in [1.54, 1.807) is 0 Å². The highest BCUT2D eigenvalue weighted by Crippen LogP contribution is 1.84. The van der Waals surface area contributed by atoms with Crippen LogP contribution in [0.25, 0.3) is 0 Å². The van der Waals surface area contributed by atoms with E-state index in [0.29, 0.717) is 3.87 Å². The van der Waals surface area contributed by atoms with Gasteiger partial charge in [0.1, 0.15) is 0 Å². The van der Waals surface area contributed by atoms with Crippen molar-refractivity contribution in [3.8, 4) is 0 Å². The maximum Gasteiger partial charge on any atom is -0.0560 e. The van der Waals surface area contributed by atoms with Crippen molar-refractivity contribution in [3.05, 3.63) is 0 Å². The fraction of sp³-hybridized carbons (Fsp3) is 0. The van der Waals surface area contributed by atoms with Gasteiger partial charge in [-0.05, 0) is 0 Å². The minimum absolute atomic E-state index is 0. The van der Waals surface area contributed by atoms with Crippen LogP contribution in [-0.4, -0.2) is 9.08 Å². The summed E-state index contributed by atoms with van der Waals surface area (Å²) in [6.45, 7) is 0. The number of nitrogens with zero attached hydrogens (tertiary/aromatic N) is 1. The first kappa shape index (κ1) is 9.32. The molecule has 0 atom stereocenters. The quantitative estimate of drug-likeness (QED) is 0.336. The van der Waals surface area contributed by atoms with Crippen molar-refractivity contribution in [2.75, 3.05) is 0 Å². The van der Waals surface area contributed by atoms with Gasteiger partial charge in [0.05, 0.1) is 0 Å². The average Bonchev–Trinajstić information content (AvgIpc) is 0.811. The number of hydrogen-bond acceptors (Lipinski definition) is 4. The molecule has 0 aliphatic rings. The van der Waals surface area contributed by atoms with Crippen molar-refractivity contribution in [1.82, 2.24) is 3.87 Å². The van der Waals surface area contributed by atoms with Crippen molar-refractivity contribution in [1.29, 1.82) is 0 Å². The van der Waals surface area contributed by atoms with E-state index in [-0.39, 0.29) is 12.4 Å². The van der Waals surface area contributed by atoms with E-state index < -0.39 is 0 Å². The number of rotatable bonds is 0. The van der Waals surface area contributed by atoms with Gasteiger partial charge < -0.3 is 0 Å². The maximum atomic E-state index is 7.62. The Bertz CT molecular complexity index is 14.4. The summed E-state index contributed by atoms with van der Waals surface area (Å²) < 4.78 is 0.389. The van der Waals surface area contributed by atoms with Gasteiger partial charge in [0.2, 0.25) is 0 Å². The molecule has 5 heavy (non-hydrogen) atoms. The lowest BCUT2D eigenvalue weighted by molar-refractivity contribution is 0.130. The summed E-state index contributed by atoms with van der Waals surface area (Å²) in [5.41, 5.74) is 0. The third kappa shape index (κ3) is 50.2. The lowest BCUT2D eigenvalue weighted by Crippen LogP contribution is -1.80. The van der Waals surface area contributed by atoms with Gasteiger partial charge >= 0.3 is 0 Å². The Morgan fingerprint density at radius 1 is 1.40 bits per heavy atom. The second kappa shape index (κ2) is 4.91. The zero-order valence-corrected chi connectivity index (χ0v) is 4.80. The highest BCUT2D eigenvalue weighted by Gasteiger charge is 1.63. The molecule has 2 nitrogen and oxygen atoms in total. The molecule has 0 aromatic carbocycles. The van der Waals surface area contributed by atoms with Crippen LogP contribution in [0.3, 0.4) is 0 Å². The molecule has 0 aromatic rings. The van der Waals surface area contributed by atoms with Crippen LogP contribution in [0.1, 0.15) is 0 Å². The minimum atomic E-state index is 0. The Morgan fingerprint density at radius 2 is 1.40 bits per heavy atom. The van der Waals surface area contributed by atoms with Crippen molar-refractivity contribution < 1.29 is 5.21 Å². The topological polar surface area (TPSA) is 23.5 Å². The SMILES string of the molecule is Cl.ON(S)S. The van der Waals surface area contributed by atoms with E-state index in [4.69, 9.17) is 5.21 Å². The molecule has 0 aromatic heterocycles. The van der Waals surface area contributed by atoms with E-state index in [1.807, 2.05) is 0 Å². The Morgan fingerprint density at radius 3 is 1.40 bits per heavy atom. The minimum Gasteiger partial charge on any atom is -0.293 e. The predicted octanol–water partition coefficient (Wildman–Crippen LogP) is 0.789.